The van der Waals surface area contributed by atoms with Gasteiger partial charge < -0.3 is 14.5 Å². The lowest BCUT2D eigenvalue weighted by Gasteiger charge is -2.28. The lowest BCUT2D eigenvalue weighted by Crippen LogP contribution is -2.27. The minimum absolute atomic E-state index is 0.132. The van der Waals surface area contributed by atoms with Crippen LogP contribution in [0.1, 0.15) is 53.3 Å². The molecule has 156 valence electrons. The average Bonchev–Trinajstić information content (AvgIpc) is 3.47. The van der Waals surface area contributed by atoms with Crippen LogP contribution < -0.4 is 10.1 Å². The third kappa shape index (κ3) is 5.07. The van der Waals surface area contributed by atoms with Crippen molar-refractivity contribution in [2.75, 3.05) is 7.11 Å². The molecule has 1 heterocycles. The highest BCUT2D eigenvalue weighted by Crippen LogP contribution is 2.26. The molecule has 0 aliphatic heterocycles. The molecule has 1 aliphatic rings. The molecule has 1 saturated carbocycles. The molecule has 1 aliphatic carbocycles. The predicted molar refractivity (Wildman–Crippen MR) is 114 cm³/mol. The van der Waals surface area contributed by atoms with Crippen molar-refractivity contribution in [1.29, 1.82) is 0 Å². The molecule has 0 unspecified atom stereocenters. The van der Waals surface area contributed by atoms with Crippen molar-refractivity contribution in [3.8, 4) is 5.75 Å². The van der Waals surface area contributed by atoms with Gasteiger partial charge in [0.2, 0.25) is 5.89 Å². The van der Waals surface area contributed by atoms with E-state index in [0.29, 0.717) is 30.7 Å². The van der Waals surface area contributed by atoms with E-state index in [1.54, 1.807) is 7.11 Å². The van der Waals surface area contributed by atoms with Crippen LogP contribution in [0, 0.1) is 0 Å². The van der Waals surface area contributed by atoms with Gasteiger partial charge in [0.15, 0.2) is 5.69 Å². The fourth-order valence-corrected chi connectivity index (χ4v) is 3.43. The van der Waals surface area contributed by atoms with Crippen LogP contribution in [0.4, 0.5) is 0 Å². The van der Waals surface area contributed by atoms with Crippen LogP contribution in [0.5, 0.6) is 5.75 Å². The first-order chi connectivity index (χ1) is 14.6. The Morgan fingerprint density at radius 3 is 2.73 bits per heavy atom. The van der Waals surface area contributed by atoms with Gasteiger partial charge in [0.05, 0.1) is 13.7 Å². The summed E-state index contributed by atoms with van der Waals surface area (Å²) in [6, 6.07) is 18.8. The molecule has 30 heavy (non-hydrogen) atoms. The van der Waals surface area contributed by atoms with E-state index in [9.17, 15) is 4.79 Å². The number of rotatable bonds is 9. The van der Waals surface area contributed by atoms with Crippen LogP contribution in [0.3, 0.4) is 0 Å². The minimum atomic E-state index is -0.164. The van der Waals surface area contributed by atoms with E-state index >= 15 is 0 Å². The summed E-state index contributed by atoms with van der Waals surface area (Å²) in [4.78, 5) is 19.0. The molecule has 1 fully saturated rings. The number of methoxy groups -OCH3 is 1. The number of oxazole rings is 1. The molecule has 6 heteroatoms. The zero-order valence-corrected chi connectivity index (χ0v) is 17.4. The highest BCUT2D eigenvalue weighted by atomic mass is 16.5. The Labute approximate surface area is 176 Å². The van der Waals surface area contributed by atoms with E-state index in [2.05, 4.69) is 40.3 Å². The molecule has 1 aromatic heterocycles. The summed E-state index contributed by atoms with van der Waals surface area (Å²) in [6.07, 6.45) is 3.53. The molecule has 3 aromatic rings. The second-order valence-corrected chi connectivity index (χ2v) is 7.72. The topological polar surface area (TPSA) is 67.6 Å². The number of carbonyl (C=O) groups is 1. The van der Waals surface area contributed by atoms with E-state index < -0.39 is 0 Å². The fraction of sp³-hybridized carbons (Fsp3) is 0.333. The van der Waals surface area contributed by atoms with Gasteiger partial charge in [-0.1, -0.05) is 42.5 Å². The predicted octanol–water partition coefficient (Wildman–Crippen LogP) is 4.34. The first-order valence-electron chi connectivity index (χ1n) is 10.3. The molecule has 0 radical (unpaired) electrons. The molecule has 2 aromatic carbocycles. The standard InChI is InChI=1S/C24H27N3O3/c1-17(19-8-4-3-5-9-19)27(14-18-7-6-10-21(13-18)29-2)15-23-26-22(16-30-23)24(28)25-20-11-12-20/h3-10,13,16-17,20H,11-12,14-15H2,1-2H3,(H,25,28)/t17-/m0/s1. The van der Waals surface area contributed by atoms with E-state index in [4.69, 9.17) is 9.15 Å². The normalized spacial score (nSPS) is 14.5. The number of ether oxygens (including phenoxy) is 1. The Balaban J connectivity index is 1.53. The van der Waals surface area contributed by atoms with Gasteiger partial charge in [0.25, 0.3) is 5.91 Å². The van der Waals surface area contributed by atoms with Gasteiger partial charge in [-0.2, -0.15) is 0 Å². The van der Waals surface area contributed by atoms with E-state index in [-0.39, 0.29) is 11.9 Å². The highest BCUT2D eigenvalue weighted by molar-refractivity contribution is 5.92. The Bertz CT molecular complexity index is 982. The third-order valence-electron chi connectivity index (χ3n) is 5.38. The summed E-state index contributed by atoms with van der Waals surface area (Å²) >= 11 is 0. The number of hydrogen-bond donors (Lipinski definition) is 1. The number of aromatic nitrogens is 1. The quantitative estimate of drug-likeness (QED) is 0.574. The van der Waals surface area contributed by atoms with Crippen LogP contribution in [0.2, 0.25) is 0 Å². The van der Waals surface area contributed by atoms with Crippen molar-refractivity contribution in [3.05, 3.63) is 83.6 Å². The Hall–Kier alpha value is -3.12. The van der Waals surface area contributed by atoms with Crippen LogP contribution in [-0.2, 0) is 13.1 Å². The van der Waals surface area contributed by atoms with Gasteiger partial charge >= 0.3 is 0 Å². The fourth-order valence-electron chi connectivity index (χ4n) is 3.43. The number of benzene rings is 2. The molecule has 4 rings (SSSR count). The zero-order chi connectivity index (χ0) is 20.9. The van der Waals surface area contributed by atoms with Crippen molar-refractivity contribution in [3.63, 3.8) is 0 Å². The Morgan fingerprint density at radius 2 is 2.00 bits per heavy atom. The van der Waals surface area contributed by atoms with Gasteiger partial charge in [-0.25, -0.2) is 4.98 Å². The molecule has 1 N–H and O–H groups in total. The maximum Gasteiger partial charge on any atom is 0.273 e. The molecular weight excluding hydrogens is 378 g/mol. The lowest BCUT2D eigenvalue weighted by atomic mass is 10.1. The van der Waals surface area contributed by atoms with Crippen LogP contribution in [0.25, 0.3) is 0 Å². The second-order valence-electron chi connectivity index (χ2n) is 7.72. The van der Waals surface area contributed by atoms with Gasteiger partial charge in [-0.3, -0.25) is 9.69 Å². The lowest BCUT2D eigenvalue weighted by molar-refractivity contribution is 0.0946. The second kappa shape index (κ2) is 9.13. The van der Waals surface area contributed by atoms with Crippen molar-refractivity contribution in [2.45, 2.75) is 44.9 Å². The number of nitrogens with one attached hydrogen (secondary N) is 1. The third-order valence-corrected chi connectivity index (χ3v) is 5.38. The molecule has 0 saturated heterocycles. The minimum Gasteiger partial charge on any atom is -0.497 e. The van der Waals surface area contributed by atoms with Crippen LogP contribution in [-0.4, -0.2) is 28.9 Å². The molecule has 1 atom stereocenters. The maximum absolute atomic E-state index is 12.3. The van der Waals surface area contributed by atoms with Gasteiger partial charge in [-0.05, 0) is 43.0 Å². The first kappa shape index (κ1) is 20.2. The van der Waals surface area contributed by atoms with Crippen molar-refractivity contribution in [2.24, 2.45) is 0 Å². The Morgan fingerprint density at radius 1 is 1.20 bits per heavy atom. The van der Waals surface area contributed by atoms with Gasteiger partial charge in [-0.15, -0.1) is 0 Å². The van der Waals surface area contributed by atoms with Gasteiger partial charge in [0, 0.05) is 18.6 Å². The highest BCUT2D eigenvalue weighted by Gasteiger charge is 2.26. The smallest absolute Gasteiger partial charge is 0.273 e. The summed E-state index contributed by atoms with van der Waals surface area (Å²) in [7, 11) is 1.67. The number of carbonyl (C=O) groups excluding carboxylic acids is 1. The van der Waals surface area contributed by atoms with Crippen molar-refractivity contribution < 1.29 is 13.9 Å². The summed E-state index contributed by atoms with van der Waals surface area (Å²) in [5, 5.41) is 2.95. The van der Waals surface area contributed by atoms with Crippen molar-refractivity contribution in [1.82, 2.24) is 15.2 Å². The summed E-state index contributed by atoms with van der Waals surface area (Å²) in [5.74, 6) is 1.19. The number of nitrogens with zero attached hydrogens (tertiary/aromatic N) is 2. The van der Waals surface area contributed by atoms with Crippen molar-refractivity contribution >= 4 is 5.91 Å². The summed E-state index contributed by atoms with van der Waals surface area (Å²) in [5.41, 5.74) is 2.68. The molecule has 0 bridgehead atoms. The number of hydrogen-bond acceptors (Lipinski definition) is 5. The van der Waals surface area contributed by atoms with E-state index in [0.717, 1.165) is 24.2 Å². The zero-order valence-electron chi connectivity index (χ0n) is 17.4. The number of amides is 1. The monoisotopic (exact) mass is 405 g/mol. The Kier molecular flexibility index (Phi) is 6.14. The van der Waals surface area contributed by atoms with E-state index in [1.807, 2.05) is 36.4 Å². The maximum atomic E-state index is 12.3. The first-order valence-corrected chi connectivity index (χ1v) is 10.3. The van der Waals surface area contributed by atoms with Crippen LogP contribution >= 0.6 is 0 Å². The van der Waals surface area contributed by atoms with Crippen LogP contribution in [0.15, 0.2) is 65.3 Å². The molecular formula is C24H27N3O3. The summed E-state index contributed by atoms with van der Waals surface area (Å²) < 4.78 is 11.0. The molecule has 0 spiro atoms. The average molecular weight is 405 g/mol. The van der Waals surface area contributed by atoms with E-state index in [1.165, 1.54) is 11.8 Å². The molecule has 6 nitrogen and oxygen atoms in total. The molecule has 1 amide bonds. The largest absolute Gasteiger partial charge is 0.497 e. The summed E-state index contributed by atoms with van der Waals surface area (Å²) in [6.45, 7) is 3.35. The SMILES string of the molecule is COc1cccc(CN(Cc2nc(C(=O)NC3CC3)co2)[C@@H](C)c2ccccc2)c1. The van der Waals surface area contributed by atoms with Gasteiger partial charge in [0.1, 0.15) is 12.0 Å².